The highest BCUT2D eigenvalue weighted by molar-refractivity contribution is 6.03. The summed E-state index contributed by atoms with van der Waals surface area (Å²) in [6, 6.07) is 19.0. The number of hydrogen-bond donors (Lipinski definition) is 1. The molecule has 56 heavy (non-hydrogen) atoms. The van der Waals surface area contributed by atoms with E-state index < -0.39 is 0 Å². The van der Waals surface area contributed by atoms with Gasteiger partial charge >= 0.3 is 0 Å². The number of rotatable bonds is 11. The summed E-state index contributed by atoms with van der Waals surface area (Å²) in [7, 11) is 7.79. The van der Waals surface area contributed by atoms with Crippen LogP contribution in [0.15, 0.2) is 103 Å². The monoisotopic (exact) mass is 749 g/mol. The number of aromatic amines is 1. The third-order valence-electron chi connectivity index (χ3n) is 11.0. The van der Waals surface area contributed by atoms with Gasteiger partial charge in [0.1, 0.15) is 17.9 Å². The summed E-state index contributed by atoms with van der Waals surface area (Å²) < 4.78 is 0. The van der Waals surface area contributed by atoms with Gasteiger partial charge in [0.25, 0.3) is 0 Å². The standard InChI is InChI=1S/C43H47N11O2/c1-51(2)37(28-13-7-5-8-14-28)42(55)53-19-11-17-35(53)33-21-30(22-44-33)31-23-45-40(46-24-31)41-47-25-32(26-48-41)34-27-49-39(50-34)36-18-12-20-54(36)43(56)38(52(3)4)29-15-9-6-10-16-29/h5-10,13-16,22-27,35-38H,11-12,17-21H2,1-4H3,(H,49,50)/t35-,36-,37+,38+/m0/s1. The third-order valence-corrected chi connectivity index (χ3v) is 11.0. The molecule has 2 amide bonds. The number of likely N-dealkylation sites (N-methyl/N-ethyl adjacent to an activating group) is 2. The molecule has 13 heteroatoms. The predicted molar refractivity (Wildman–Crippen MR) is 215 cm³/mol. The highest BCUT2D eigenvalue weighted by Crippen LogP contribution is 2.36. The van der Waals surface area contributed by atoms with Crippen LogP contribution in [-0.2, 0) is 9.59 Å². The van der Waals surface area contributed by atoms with Crippen LogP contribution in [0, 0.1) is 0 Å². The summed E-state index contributed by atoms with van der Waals surface area (Å²) in [6.45, 7) is 1.41. The second kappa shape index (κ2) is 16.0. The molecule has 3 aliphatic rings. The third kappa shape index (κ3) is 7.39. The molecule has 0 unspecified atom stereocenters. The van der Waals surface area contributed by atoms with Crippen LogP contribution in [0.2, 0.25) is 0 Å². The molecule has 0 radical (unpaired) electrons. The van der Waals surface area contributed by atoms with E-state index in [9.17, 15) is 9.59 Å². The Balaban J connectivity index is 0.901. The van der Waals surface area contributed by atoms with Crippen LogP contribution in [0.4, 0.5) is 0 Å². The Morgan fingerprint density at radius 1 is 0.661 bits per heavy atom. The minimum atomic E-state index is -0.370. The van der Waals surface area contributed by atoms with E-state index in [0.717, 1.165) is 77.3 Å². The van der Waals surface area contributed by atoms with Crippen molar-refractivity contribution in [1.82, 2.24) is 49.5 Å². The van der Waals surface area contributed by atoms with Gasteiger partial charge in [-0.3, -0.25) is 24.4 Å². The van der Waals surface area contributed by atoms with E-state index >= 15 is 0 Å². The lowest BCUT2D eigenvalue weighted by Gasteiger charge is -2.32. The fourth-order valence-corrected chi connectivity index (χ4v) is 8.27. The number of benzene rings is 2. The smallest absolute Gasteiger partial charge is 0.245 e. The van der Waals surface area contributed by atoms with Crippen molar-refractivity contribution in [3.8, 4) is 22.9 Å². The number of H-pyrrole nitrogens is 1. The van der Waals surface area contributed by atoms with E-state index in [0.29, 0.717) is 24.6 Å². The van der Waals surface area contributed by atoms with E-state index in [2.05, 4.69) is 24.9 Å². The molecule has 2 saturated heterocycles. The van der Waals surface area contributed by atoms with Crippen molar-refractivity contribution in [2.75, 3.05) is 41.3 Å². The van der Waals surface area contributed by atoms with Crippen LogP contribution in [0.25, 0.3) is 28.5 Å². The van der Waals surface area contributed by atoms with Gasteiger partial charge in [-0.25, -0.2) is 24.9 Å². The van der Waals surface area contributed by atoms with E-state index in [1.807, 2.05) is 115 Å². The van der Waals surface area contributed by atoms with Gasteiger partial charge in [0.05, 0.1) is 24.0 Å². The highest BCUT2D eigenvalue weighted by atomic mass is 16.2. The summed E-state index contributed by atoms with van der Waals surface area (Å²) in [5.41, 5.74) is 6.41. The Bertz CT molecular complexity index is 2220. The normalized spacial score (nSPS) is 19.4. The minimum Gasteiger partial charge on any atom is -0.340 e. The zero-order chi connectivity index (χ0) is 38.8. The summed E-state index contributed by atoms with van der Waals surface area (Å²) >= 11 is 0. The molecule has 286 valence electrons. The highest BCUT2D eigenvalue weighted by Gasteiger charge is 2.39. The van der Waals surface area contributed by atoms with Crippen LogP contribution in [-0.4, -0.2) is 114 Å². The molecule has 4 atom stereocenters. The van der Waals surface area contributed by atoms with Gasteiger partial charge in [0, 0.05) is 67.3 Å². The first kappa shape index (κ1) is 37.0. The maximum Gasteiger partial charge on any atom is 0.245 e. The molecule has 0 saturated carbocycles. The molecule has 3 aromatic heterocycles. The van der Waals surface area contributed by atoms with Gasteiger partial charge in [0.2, 0.25) is 11.8 Å². The number of carbonyl (C=O) groups is 2. The first-order valence-corrected chi connectivity index (χ1v) is 19.3. The number of imidazole rings is 1. The van der Waals surface area contributed by atoms with Crippen molar-refractivity contribution in [2.45, 2.75) is 56.3 Å². The fraction of sp³-hybridized carbons (Fsp3) is 0.349. The Kier molecular flexibility index (Phi) is 10.6. The molecule has 2 aromatic carbocycles. The maximum absolute atomic E-state index is 13.9. The van der Waals surface area contributed by atoms with Gasteiger partial charge < -0.3 is 14.8 Å². The van der Waals surface area contributed by atoms with Gasteiger partial charge in [-0.1, -0.05) is 60.7 Å². The molecule has 13 nitrogen and oxygen atoms in total. The molecule has 2 fully saturated rings. The zero-order valence-corrected chi connectivity index (χ0v) is 32.3. The number of carbonyl (C=O) groups excluding carboxylic acids is 2. The fourth-order valence-electron chi connectivity index (χ4n) is 8.27. The number of nitrogens with zero attached hydrogens (tertiary/aromatic N) is 10. The molecule has 0 bridgehead atoms. The summed E-state index contributed by atoms with van der Waals surface area (Å²) in [6.07, 6.45) is 14.9. The van der Waals surface area contributed by atoms with Crippen LogP contribution in [0.3, 0.4) is 0 Å². The Labute approximate surface area is 327 Å². The number of amides is 2. The Hall–Kier alpha value is -5.92. The SMILES string of the molecule is CN(C)[C@@H](C(=O)N1CCC[C@H]1C1=NC=C(c2cnc(-c3ncc(-c4cnc([C@@H]5CCCN5C(=O)[C@@H](c5ccccc5)N(C)C)[nH]4)cn3)nc2)C1)c1ccccc1. The molecular formula is C43H47N11O2. The molecule has 0 aliphatic carbocycles. The average molecular weight is 750 g/mol. The van der Waals surface area contributed by atoms with Crippen LogP contribution >= 0.6 is 0 Å². The van der Waals surface area contributed by atoms with Gasteiger partial charge in [-0.15, -0.1) is 0 Å². The molecule has 5 aromatic rings. The minimum absolute atomic E-state index is 0.0323. The molecule has 6 heterocycles. The number of hydrogen-bond acceptors (Lipinski definition) is 10. The number of aromatic nitrogens is 6. The van der Waals surface area contributed by atoms with Gasteiger partial charge in [0.15, 0.2) is 11.6 Å². The van der Waals surface area contributed by atoms with E-state index in [4.69, 9.17) is 9.98 Å². The van der Waals surface area contributed by atoms with Crippen molar-refractivity contribution in [3.63, 3.8) is 0 Å². The number of allylic oxidation sites excluding steroid dienone is 1. The molecule has 0 spiro atoms. The maximum atomic E-state index is 13.9. The lowest BCUT2D eigenvalue weighted by molar-refractivity contribution is -0.137. The molecule has 3 aliphatic heterocycles. The Morgan fingerprint density at radius 3 is 1.70 bits per heavy atom. The topological polar surface area (TPSA) is 140 Å². The van der Waals surface area contributed by atoms with Gasteiger partial charge in [-0.2, -0.15) is 0 Å². The molecular weight excluding hydrogens is 703 g/mol. The second-order valence-electron chi connectivity index (χ2n) is 15.2. The predicted octanol–water partition coefficient (Wildman–Crippen LogP) is 5.77. The van der Waals surface area contributed by atoms with E-state index in [1.54, 1.807) is 31.0 Å². The van der Waals surface area contributed by atoms with Crippen LogP contribution in [0.1, 0.15) is 72.7 Å². The molecule has 1 N–H and O–H groups in total. The van der Waals surface area contributed by atoms with E-state index in [1.165, 1.54) is 0 Å². The van der Waals surface area contributed by atoms with Crippen LogP contribution in [0.5, 0.6) is 0 Å². The van der Waals surface area contributed by atoms with Crippen molar-refractivity contribution < 1.29 is 9.59 Å². The first-order valence-electron chi connectivity index (χ1n) is 19.3. The number of likely N-dealkylation sites (tertiary alicyclic amines) is 2. The number of aliphatic imine (C=N–C) groups is 1. The van der Waals surface area contributed by atoms with Crippen molar-refractivity contribution in [3.05, 3.63) is 120 Å². The lowest BCUT2D eigenvalue weighted by Crippen LogP contribution is -2.45. The van der Waals surface area contributed by atoms with Gasteiger partial charge in [-0.05, 0) is 70.6 Å². The van der Waals surface area contributed by atoms with Crippen molar-refractivity contribution in [1.29, 1.82) is 0 Å². The van der Waals surface area contributed by atoms with Crippen molar-refractivity contribution in [2.24, 2.45) is 4.99 Å². The zero-order valence-electron chi connectivity index (χ0n) is 32.3. The first-order chi connectivity index (χ1) is 27.3. The largest absolute Gasteiger partial charge is 0.340 e. The Morgan fingerprint density at radius 2 is 1.16 bits per heavy atom. The quantitative estimate of drug-likeness (QED) is 0.178. The van der Waals surface area contributed by atoms with Crippen molar-refractivity contribution >= 4 is 23.1 Å². The number of nitrogens with one attached hydrogen (secondary N) is 1. The second-order valence-corrected chi connectivity index (χ2v) is 15.2. The summed E-state index contributed by atoms with van der Waals surface area (Å²) in [5, 5.41) is 0. The average Bonchev–Trinajstić information content (AvgIpc) is 4.06. The molecule has 8 rings (SSSR count). The van der Waals surface area contributed by atoms with Crippen LogP contribution < -0.4 is 0 Å². The lowest BCUT2D eigenvalue weighted by atomic mass is 9.99. The van der Waals surface area contributed by atoms with E-state index in [-0.39, 0.29) is 36.0 Å². The summed E-state index contributed by atoms with van der Waals surface area (Å²) in [5.74, 6) is 1.76. The summed E-state index contributed by atoms with van der Waals surface area (Å²) in [4.78, 5) is 67.1.